The lowest BCUT2D eigenvalue weighted by atomic mass is 10.0. The third-order valence-electron chi connectivity index (χ3n) is 3.82. The lowest BCUT2D eigenvalue weighted by Crippen LogP contribution is -2.25. The predicted molar refractivity (Wildman–Crippen MR) is 101 cm³/mol. The fourth-order valence-corrected chi connectivity index (χ4v) is 2.51. The van der Waals surface area contributed by atoms with Crippen LogP contribution in [0.5, 0.6) is 0 Å². The van der Waals surface area contributed by atoms with Crippen molar-refractivity contribution in [2.75, 3.05) is 11.9 Å². The van der Waals surface area contributed by atoms with E-state index in [4.69, 9.17) is 5.11 Å². The molecule has 2 aromatic rings. The van der Waals surface area contributed by atoms with Crippen molar-refractivity contribution in [3.63, 3.8) is 0 Å². The average Bonchev–Trinajstić information content (AvgIpc) is 2.65. The molecule has 0 aliphatic heterocycles. The molecule has 0 fully saturated rings. The molecule has 0 bridgehead atoms. The van der Waals surface area contributed by atoms with Gasteiger partial charge in [0.05, 0.1) is 5.56 Å². The summed E-state index contributed by atoms with van der Waals surface area (Å²) in [6, 6.07) is 13.2. The Morgan fingerprint density at radius 1 is 1.19 bits per heavy atom. The number of carboxylic acids is 1. The normalized spacial score (nSPS) is 11.4. The van der Waals surface area contributed by atoms with Crippen molar-refractivity contribution in [1.29, 1.82) is 0 Å². The SMILES string of the molecule is C=CCNC(=O)c1ccc(NC(CCC(=O)O)Cc2ccccc2)nc1. The molecule has 136 valence electrons. The van der Waals surface area contributed by atoms with Gasteiger partial charge in [-0.15, -0.1) is 6.58 Å². The first kappa shape index (κ1) is 19.2. The minimum atomic E-state index is -0.827. The Labute approximate surface area is 153 Å². The topological polar surface area (TPSA) is 91.3 Å². The molecule has 6 heteroatoms. The number of benzene rings is 1. The first-order chi connectivity index (χ1) is 12.6. The summed E-state index contributed by atoms with van der Waals surface area (Å²) in [7, 11) is 0. The molecule has 1 atom stereocenters. The number of carboxylic acid groups (broad SMARTS) is 1. The first-order valence-corrected chi connectivity index (χ1v) is 8.46. The Bertz CT molecular complexity index is 730. The van der Waals surface area contributed by atoms with E-state index >= 15 is 0 Å². The molecule has 1 aromatic heterocycles. The van der Waals surface area contributed by atoms with Gasteiger partial charge in [0.2, 0.25) is 0 Å². The number of amides is 1. The molecule has 3 N–H and O–H groups in total. The van der Waals surface area contributed by atoms with Crippen molar-refractivity contribution >= 4 is 17.7 Å². The van der Waals surface area contributed by atoms with Crippen LogP contribution in [0.3, 0.4) is 0 Å². The summed E-state index contributed by atoms with van der Waals surface area (Å²) >= 11 is 0. The van der Waals surface area contributed by atoms with Gasteiger partial charge in [0, 0.05) is 25.2 Å². The second-order valence-electron chi connectivity index (χ2n) is 5.89. The molecule has 0 spiro atoms. The molecular weight excluding hydrogens is 330 g/mol. The number of aliphatic carboxylic acids is 1. The minimum absolute atomic E-state index is 0.0681. The number of hydrogen-bond donors (Lipinski definition) is 3. The lowest BCUT2D eigenvalue weighted by molar-refractivity contribution is -0.137. The number of rotatable bonds is 10. The molecule has 0 aliphatic carbocycles. The molecule has 1 aromatic carbocycles. The van der Waals surface area contributed by atoms with E-state index in [1.165, 1.54) is 6.20 Å². The van der Waals surface area contributed by atoms with Gasteiger partial charge in [-0.05, 0) is 30.5 Å². The van der Waals surface area contributed by atoms with Crippen LogP contribution in [-0.4, -0.2) is 34.6 Å². The summed E-state index contributed by atoms with van der Waals surface area (Å²) in [5.41, 5.74) is 1.58. The summed E-state index contributed by atoms with van der Waals surface area (Å²) in [6.07, 6.45) is 4.35. The van der Waals surface area contributed by atoms with E-state index < -0.39 is 5.97 Å². The third kappa shape index (κ3) is 6.39. The van der Waals surface area contributed by atoms with E-state index in [2.05, 4.69) is 22.2 Å². The highest BCUT2D eigenvalue weighted by Gasteiger charge is 2.13. The Morgan fingerprint density at radius 2 is 1.96 bits per heavy atom. The zero-order chi connectivity index (χ0) is 18.8. The van der Waals surface area contributed by atoms with Crippen molar-refractivity contribution in [2.24, 2.45) is 0 Å². The number of hydrogen-bond acceptors (Lipinski definition) is 4. The van der Waals surface area contributed by atoms with Gasteiger partial charge >= 0.3 is 5.97 Å². The lowest BCUT2D eigenvalue weighted by Gasteiger charge is -2.19. The molecule has 1 heterocycles. The highest BCUT2D eigenvalue weighted by Crippen LogP contribution is 2.14. The number of nitrogens with one attached hydrogen (secondary N) is 2. The van der Waals surface area contributed by atoms with Crippen LogP contribution in [0.2, 0.25) is 0 Å². The van der Waals surface area contributed by atoms with Crippen LogP contribution in [0.15, 0.2) is 61.3 Å². The van der Waals surface area contributed by atoms with Gasteiger partial charge in [-0.1, -0.05) is 36.4 Å². The standard InChI is InChI=1S/C20H23N3O3/c1-2-12-21-20(26)16-8-10-18(22-14-16)23-17(9-11-19(24)25)13-15-6-4-3-5-7-15/h2-8,10,14,17H,1,9,11-13H2,(H,21,26)(H,22,23)(H,24,25). The Morgan fingerprint density at radius 3 is 2.58 bits per heavy atom. The van der Waals surface area contributed by atoms with E-state index in [9.17, 15) is 9.59 Å². The summed E-state index contributed by atoms with van der Waals surface area (Å²) in [4.78, 5) is 27.1. The average molecular weight is 353 g/mol. The van der Waals surface area contributed by atoms with E-state index in [1.54, 1.807) is 18.2 Å². The third-order valence-corrected chi connectivity index (χ3v) is 3.82. The predicted octanol–water partition coefficient (Wildman–Crippen LogP) is 2.89. The fourth-order valence-electron chi connectivity index (χ4n) is 2.51. The monoisotopic (exact) mass is 353 g/mol. The summed E-state index contributed by atoms with van der Waals surface area (Å²) in [6.45, 7) is 3.95. The number of nitrogens with zero attached hydrogens (tertiary/aromatic N) is 1. The van der Waals surface area contributed by atoms with E-state index in [-0.39, 0.29) is 18.4 Å². The number of anilines is 1. The fraction of sp³-hybridized carbons (Fsp3) is 0.250. The Hall–Kier alpha value is -3.15. The quantitative estimate of drug-likeness (QED) is 0.571. The summed E-state index contributed by atoms with van der Waals surface area (Å²) in [5, 5.41) is 14.9. The molecule has 0 saturated heterocycles. The Kier molecular flexibility index (Phi) is 7.36. The molecule has 0 radical (unpaired) electrons. The summed E-state index contributed by atoms with van der Waals surface area (Å²) < 4.78 is 0. The van der Waals surface area contributed by atoms with Gasteiger partial charge in [-0.3, -0.25) is 9.59 Å². The van der Waals surface area contributed by atoms with Crippen LogP contribution in [0.4, 0.5) is 5.82 Å². The zero-order valence-electron chi connectivity index (χ0n) is 14.5. The maximum Gasteiger partial charge on any atom is 0.303 e. The molecule has 1 unspecified atom stereocenters. The minimum Gasteiger partial charge on any atom is -0.481 e. The number of carbonyl (C=O) groups is 2. The van der Waals surface area contributed by atoms with Crippen molar-refractivity contribution < 1.29 is 14.7 Å². The van der Waals surface area contributed by atoms with Gasteiger partial charge in [0.15, 0.2) is 0 Å². The Balaban J connectivity index is 2.02. The van der Waals surface area contributed by atoms with Crippen LogP contribution in [0.25, 0.3) is 0 Å². The molecular formula is C20H23N3O3. The maximum absolute atomic E-state index is 11.9. The van der Waals surface area contributed by atoms with Crippen LogP contribution in [0, 0.1) is 0 Å². The summed E-state index contributed by atoms with van der Waals surface area (Å²) in [5.74, 6) is -0.431. The van der Waals surface area contributed by atoms with Crippen molar-refractivity contribution in [3.8, 4) is 0 Å². The number of aromatic nitrogens is 1. The van der Waals surface area contributed by atoms with Gasteiger partial charge in [0.1, 0.15) is 5.82 Å². The first-order valence-electron chi connectivity index (χ1n) is 8.46. The zero-order valence-corrected chi connectivity index (χ0v) is 14.5. The highest BCUT2D eigenvalue weighted by atomic mass is 16.4. The second kappa shape index (κ2) is 9.98. The van der Waals surface area contributed by atoms with Crippen LogP contribution < -0.4 is 10.6 Å². The van der Waals surface area contributed by atoms with Gasteiger partial charge < -0.3 is 15.7 Å². The van der Waals surface area contributed by atoms with E-state index in [0.717, 1.165) is 5.56 Å². The van der Waals surface area contributed by atoms with Gasteiger partial charge in [-0.2, -0.15) is 0 Å². The largest absolute Gasteiger partial charge is 0.481 e. The molecule has 6 nitrogen and oxygen atoms in total. The molecule has 2 rings (SSSR count). The van der Waals surface area contributed by atoms with Crippen molar-refractivity contribution in [3.05, 3.63) is 72.4 Å². The molecule has 0 saturated carbocycles. The van der Waals surface area contributed by atoms with E-state index in [0.29, 0.717) is 30.8 Å². The molecule has 1 amide bonds. The maximum atomic E-state index is 11.9. The number of carbonyl (C=O) groups excluding carboxylic acids is 1. The van der Waals surface area contributed by atoms with Crippen LogP contribution in [-0.2, 0) is 11.2 Å². The van der Waals surface area contributed by atoms with Gasteiger partial charge in [0.25, 0.3) is 5.91 Å². The van der Waals surface area contributed by atoms with Crippen LogP contribution >= 0.6 is 0 Å². The van der Waals surface area contributed by atoms with Crippen LogP contribution in [0.1, 0.15) is 28.8 Å². The molecule has 0 aliphatic rings. The smallest absolute Gasteiger partial charge is 0.303 e. The van der Waals surface area contributed by atoms with Gasteiger partial charge in [-0.25, -0.2) is 4.98 Å². The second-order valence-corrected chi connectivity index (χ2v) is 5.89. The van der Waals surface area contributed by atoms with Crippen molar-refractivity contribution in [2.45, 2.75) is 25.3 Å². The molecule has 26 heavy (non-hydrogen) atoms. The van der Waals surface area contributed by atoms with Crippen molar-refractivity contribution in [1.82, 2.24) is 10.3 Å². The number of pyridine rings is 1. The highest BCUT2D eigenvalue weighted by molar-refractivity contribution is 5.94. The van der Waals surface area contributed by atoms with E-state index in [1.807, 2.05) is 30.3 Å².